The molecule has 1 N–H and O–H groups in total. The molecule has 2 rings (SSSR count). The first-order valence-electron chi connectivity index (χ1n) is 7.49. The first-order valence-corrected chi connectivity index (χ1v) is 7.49. The fourth-order valence-electron chi connectivity index (χ4n) is 2.72. The van der Waals surface area contributed by atoms with Crippen molar-refractivity contribution in [1.29, 1.82) is 0 Å². The van der Waals surface area contributed by atoms with Crippen molar-refractivity contribution in [2.45, 2.75) is 57.9 Å². The molecule has 1 heterocycles. The van der Waals surface area contributed by atoms with Crippen molar-refractivity contribution >= 4 is 0 Å². The third kappa shape index (κ3) is 3.84. The Balaban J connectivity index is 1.78. The quantitative estimate of drug-likeness (QED) is 0.767. The Bertz CT molecular complexity index is 341. The lowest BCUT2D eigenvalue weighted by Gasteiger charge is -2.30. The lowest BCUT2D eigenvalue weighted by Crippen LogP contribution is -2.34. The standard InChI is InChI=1S/C15H27N3/c1-3-9-16-14(12-13-5-4-6-13)7-8-15-17-10-11-18(15)2/h10-11,13-14,16H,3-9,12H2,1-2H3. The van der Waals surface area contributed by atoms with Crippen LogP contribution in [0.3, 0.4) is 0 Å². The van der Waals surface area contributed by atoms with E-state index in [-0.39, 0.29) is 0 Å². The van der Waals surface area contributed by atoms with Gasteiger partial charge in [0.1, 0.15) is 5.82 Å². The summed E-state index contributed by atoms with van der Waals surface area (Å²) in [5, 5.41) is 3.71. The molecule has 0 aliphatic heterocycles. The third-order valence-corrected chi connectivity index (χ3v) is 4.16. The number of aromatic nitrogens is 2. The number of hydrogen-bond acceptors (Lipinski definition) is 2. The van der Waals surface area contributed by atoms with Crippen LogP contribution < -0.4 is 5.32 Å². The van der Waals surface area contributed by atoms with Crippen LogP contribution in [0.1, 0.15) is 51.3 Å². The van der Waals surface area contributed by atoms with Crippen LogP contribution in [0, 0.1) is 5.92 Å². The molecule has 0 saturated heterocycles. The van der Waals surface area contributed by atoms with Gasteiger partial charge in [-0.3, -0.25) is 0 Å². The number of hydrogen-bond donors (Lipinski definition) is 1. The molecular formula is C15H27N3. The van der Waals surface area contributed by atoms with E-state index < -0.39 is 0 Å². The first-order chi connectivity index (χ1) is 8.79. The van der Waals surface area contributed by atoms with E-state index in [1.165, 1.54) is 44.3 Å². The molecule has 0 bridgehead atoms. The zero-order valence-corrected chi connectivity index (χ0v) is 11.9. The second-order valence-corrected chi connectivity index (χ2v) is 5.68. The summed E-state index contributed by atoms with van der Waals surface area (Å²) in [5.74, 6) is 2.20. The fourth-order valence-corrected chi connectivity index (χ4v) is 2.72. The number of rotatable bonds is 8. The van der Waals surface area contributed by atoms with Gasteiger partial charge in [0.25, 0.3) is 0 Å². The minimum Gasteiger partial charge on any atom is -0.338 e. The number of imidazole rings is 1. The summed E-state index contributed by atoms with van der Waals surface area (Å²) in [6.07, 6.45) is 13.2. The smallest absolute Gasteiger partial charge is 0.108 e. The van der Waals surface area contributed by atoms with E-state index in [9.17, 15) is 0 Å². The Morgan fingerprint density at radius 2 is 2.33 bits per heavy atom. The van der Waals surface area contributed by atoms with Gasteiger partial charge in [-0.25, -0.2) is 4.98 Å². The van der Waals surface area contributed by atoms with Crippen LogP contribution in [0.4, 0.5) is 0 Å². The van der Waals surface area contributed by atoms with Gasteiger partial charge >= 0.3 is 0 Å². The Morgan fingerprint density at radius 1 is 1.50 bits per heavy atom. The molecule has 3 nitrogen and oxygen atoms in total. The number of nitrogens with one attached hydrogen (secondary N) is 1. The zero-order valence-electron chi connectivity index (χ0n) is 11.9. The molecule has 0 aromatic carbocycles. The van der Waals surface area contributed by atoms with E-state index in [1.807, 2.05) is 12.4 Å². The van der Waals surface area contributed by atoms with Crippen LogP contribution >= 0.6 is 0 Å². The second-order valence-electron chi connectivity index (χ2n) is 5.68. The molecule has 1 aliphatic carbocycles. The van der Waals surface area contributed by atoms with Crippen LogP contribution in [0.25, 0.3) is 0 Å². The van der Waals surface area contributed by atoms with Gasteiger partial charge < -0.3 is 9.88 Å². The maximum atomic E-state index is 4.42. The molecule has 1 aliphatic rings. The summed E-state index contributed by atoms with van der Waals surface area (Å²) in [7, 11) is 2.09. The van der Waals surface area contributed by atoms with Crippen LogP contribution in [0.15, 0.2) is 12.4 Å². The van der Waals surface area contributed by atoms with Crippen molar-refractivity contribution in [1.82, 2.24) is 14.9 Å². The maximum Gasteiger partial charge on any atom is 0.108 e. The highest BCUT2D eigenvalue weighted by Crippen LogP contribution is 2.31. The van der Waals surface area contributed by atoms with Gasteiger partial charge in [-0.15, -0.1) is 0 Å². The SMILES string of the molecule is CCCNC(CCc1nccn1C)CC1CCC1. The van der Waals surface area contributed by atoms with Crippen LogP contribution in [-0.4, -0.2) is 22.1 Å². The van der Waals surface area contributed by atoms with Gasteiger partial charge in [-0.2, -0.15) is 0 Å². The summed E-state index contributed by atoms with van der Waals surface area (Å²) in [4.78, 5) is 4.42. The van der Waals surface area contributed by atoms with Crippen molar-refractivity contribution in [3.05, 3.63) is 18.2 Å². The molecule has 0 radical (unpaired) electrons. The average Bonchev–Trinajstić information content (AvgIpc) is 2.72. The zero-order chi connectivity index (χ0) is 12.8. The third-order valence-electron chi connectivity index (χ3n) is 4.16. The number of aryl methyl sites for hydroxylation is 2. The minimum absolute atomic E-state index is 0.687. The molecule has 1 atom stereocenters. The average molecular weight is 249 g/mol. The van der Waals surface area contributed by atoms with Gasteiger partial charge in [0.05, 0.1) is 0 Å². The van der Waals surface area contributed by atoms with Crippen molar-refractivity contribution in [2.24, 2.45) is 13.0 Å². The van der Waals surface area contributed by atoms with Crippen molar-refractivity contribution in [2.75, 3.05) is 6.54 Å². The lowest BCUT2D eigenvalue weighted by molar-refractivity contribution is 0.253. The summed E-state index contributed by atoms with van der Waals surface area (Å²) in [6.45, 7) is 3.39. The molecule has 18 heavy (non-hydrogen) atoms. The van der Waals surface area contributed by atoms with E-state index >= 15 is 0 Å². The van der Waals surface area contributed by atoms with Crippen LogP contribution in [0.5, 0.6) is 0 Å². The van der Waals surface area contributed by atoms with Crippen molar-refractivity contribution in [3.8, 4) is 0 Å². The number of nitrogens with zero attached hydrogens (tertiary/aromatic N) is 2. The Hall–Kier alpha value is -0.830. The highest BCUT2D eigenvalue weighted by Gasteiger charge is 2.21. The van der Waals surface area contributed by atoms with Gasteiger partial charge in [0, 0.05) is 31.9 Å². The van der Waals surface area contributed by atoms with Gasteiger partial charge in [-0.1, -0.05) is 26.2 Å². The molecule has 1 unspecified atom stereocenters. The van der Waals surface area contributed by atoms with Crippen LogP contribution in [0.2, 0.25) is 0 Å². The Labute approximate surface area is 111 Å². The molecule has 0 amide bonds. The Kier molecular flexibility index (Phi) is 5.24. The highest BCUT2D eigenvalue weighted by atomic mass is 15.0. The second kappa shape index (κ2) is 6.93. The monoisotopic (exact) mass is 249 g/mol. The van der Waals surface area contributed by atoms with E-state index in [4.69, 9.17) is 0 Å². The normalized spacial score (nSPS) is 17.7. The lowest BCUT2D eigenvalue weighted by atomic mass is 9.80. The predicted octanol–water partition coefficient (Wildman–Crippen LogP) is 2.91. The molecule has 3 heteroatoms. The molecule has 1 aromatic rings. The first kappa shape index (κ1) is 13.6. The Morgan fingerprint density at radius 3 is 2.89 bits per heavy atom. The topological polar surface area (TPSA) is 29.9 Å². The molecule has 1 fully saturated rings. The van der Waals surface area contributed by atoms with Crippen molar-refractivity contribution in [3.63, 3.8) is 0 Å². The molecule has 0 spiro atoms. The van der Waals surface area contributed by atoms with E-state index in [0.29, 0.717) is 6.04 Å². The predicted molar refractivity (Wildman–Crippen MR) is 75.6 cm³/mol. The van der Waals surface area contributed by atoms with Crippen LogP contribution in [-0.2, 0) is 13.5 Å². The fraction of sp³-hybridized carbons (Fsp3) is 0.800. The van der Waals surface area contributed by atoms with Gasteiger partial charge in [0.15, 0.2) is 0 Å². The molecule has 102 valence electrons. The molecule has 1 aromatic heterocycles. The summed E-state index contributed by atoms with van der Waals surface area (Å²) in [5.41, 5.74) is 0. The summed E-state index contributed by atoms with van der Waals surface area (Å²) >= 11 is 0. The van der Waals surface area contributed by atoms with E-state index in [0.717, 1.165) is 18.9 Å². The van der Waals surface area contributed by atoms with Crippen molar-refractivity contribution < 1.29 is 0 Å². The van der Waals surface area contributed by atoms with Gasteiger partial charge in [0.2, 0.25) is 0 Å². The van der Waals surface area contributed by atoms with E-state index in [1.54, 1.807) is 0 Å². The summed E-state index contributed by atoms with van der Waals surface area (Å²) < 4.78 is 2.14. The summed E-state index contributed by atoms with van der Waals surface area (Å²) in [6, 6.07) is 0.687. The van der Waals surface area contributed by atoms with E-state index in [2.05, 4.69) is 28.8 Å². The van der Waals surface area contributed by atoms with Gasteiger partial charge in [-0.05, 0) is 31.7 Å². The minimum atomic E-state index is 0.687. The molecule has 1 saturated carbocycles. The molecular weight excluding hydrogens is 222 g/mol. The highest BCUT2D eigenvalue weighted by molar-refractivity contribution is 4.92. The maximum absolute atomic E-state index is 4.42. The largest absolute Gasteiger partial charge is 0.338 e.